The second kappa shape index (κ2) is 4.18. The highest BCUT2D eigenvalue weighted by Gasteiger charge is 2.13. The van der Waals surface area contributed by atoms with Crippen LogP contribution >= 0.6 is 22.6 Å². The van der Waals surface area contributed by atoms with Crippen molar-refractivity contribution in [3.8, 4) is 17.0 Å². The lowest BCUT2D eigenvalue weighted by Gasteiger charge is -2.06. The van der Waals surface area contributed by atoms with Crippen LogP contribution in [0.2, 0.25) is 0 Å². The first-order valence-electron chi connectivity index (χ1n) is 4.26. The van der Waals surface area contributed by atoms with Crippen molar-refractivity contribution in [1.82, 2.24) is 10.2 Å². The van der Waals surface area contributed by atoms with Crippen LogP contribution in [0.4, 0.5) is 4.39 Å². The summed E-state index contributed by atoms with van der Waals surface area (Å²) in [7, 11) is 1.51. The average Bonchev–Trinajstić information content (AvgIpc) is 2.64. The quantitative estimate of drug-likeness (QED) is 0.865. The van der Waals surface area contributed by atoms with Gasteiger partial charge in [-0.05, 0) is 40.8 Å². The molecular formula is C10H8FIN2O. The number of nitrogens with one attached hydrogen (secondary N) is 1. The fourth-order valence-corrected chi connectivity index (χ4v) is 1.76. The van der Waals surface area contributed by atoms with Gasteiger partial charge in [0.05, 0.1) is 22.1 Å². The van der Waals surface area contributed by atoms with E-state index in [9.17, 15) is 4.39 Å². The summed E-state index contributed by atoms with van der Waals surface area (Å²) >= 11 is 2.08. The number of aromatic amines is 1. The maximum absolute atomic E-state index is 13.6. The van der Waals surface area contributed by atoms with Crippen LogP contribution in [-0.2, 0) is 0 Å². The van der Waals surface area contributed by atoms with Crippen molar-refractivity contribution in [2.24, 2.45) is 0 Å². The molecule has 0 saturated carbocycles. The van der Waals surface area contributed by atoms with Crippen molar-refractivity contribution in [2.45, 2.75) is 0 Å². The fraction of sp³-hybridized carbons (Fsp3) is 0.100. The molecule has 0 atom stereocenters. The number of halogens is 2. The van der Waals surface area contributed by atoms with E-state index in [2.05, 4.69) is 32.8 Å². The average molecular weight is 318 g/mol. The molecule has 0 spiro atoms. The predicted octanol–water partition coefficient (Wildman–Crippen LogP) is 2.83. The Bertz CT molecular complexity index is 484. The Morgan fingerprint density at radius 2 is 2.27 bits per heavy atom. The lowest BCUT2D eigenvalue weighted by Crippen LogP contribution is -1.91. The summed E-state index contributed by atoms with van der Waals surface area (Å²) in [6, 6.07) is 6.47. The van der Waals surface area contributed by atoms with E-state index in [1.165, 1.54) is 13.2 Å². The van der Waals surface area contributed by atoms with E-state index < -0.39 is 0 Å². The molecule has 2 rings (SSSR count). The zero-order chi connectivity index (χ0) is 10.8. The van der Waals surface area contributed by atoms with Crippen LogP contribution in [0.25, 0.3) is 11.3 Å². The number of aromatic nitrogens is 2. The summed E-state index contributed by atoms with van der Waals surface area (Å²) in [5, 5.41) is 6.76. The number of rotatable bonds is 2. The van der Waals surface area contributed by atoms with Crippen molar-refractivity contribution in [1.29, 1.82) is 0 Å². The van der Waals surface area contributed by atoms with Gasteiger partial charge in [0, 0.05) is 0 Å². The first-order valence-corrected chi connectivity index (χ1v) is 5.34. The second-order valence-corrected chi connectivity index (χ2v) is 4.08. The SMILES string of the molecule is COc1cccc(F)c1-c1cc(I)[nH]n1. The van der Waals surface area contributed by atoms with E-state index >= 15 is 0 Å². The molecule has 0 unspecified atom stereocenters. The molecule has 0 amide bonds. The number of nitrogens with zero attached hydrogens (tertiary/aromatic N) is 1. The monoisotopic (exact) mass is 318 g/mol. The predicted molar refractivity (Wildman–Crippen MR) is 63.3 cm³/mol. The number of hydrogen-bond donors (Lipinski definition) is 1. The first kappa shape index (κ1) is 10.4. The van der Waals surface area contributed by atoms with Gasteiger partial charge in [-0.1, -0.05) is 6.07 Å². The zero-order valence-corrected chi connectivity index (χ0v) is 10.1. The molecule has 0 saturated heterocycles. The van der Waals surface area contributed by atoms with E-state index in [1.54, 1.807) is 18.2 Å². The van der Waals surface area contributed by atoms with Crippen LogP contribution in [0.1, 0.15) is 0 Å². The molecule has 2 aromatic rings. The Hall–Kier alpha value is -1.11. The molecule has 0 aliphatic heterocycles. The van der Waals surface area contributed by atoms with Gasteiger partial charge in [0.2, 0.25) is 0 Å². The molecule has 5 heteroatoms. The number of hydrogen-bond acceptors (Lipinski definition) is 2. The zero-order valence-electron chi connectivity index (χ0n) is 7.92. The van der Waals surface area contributed by atoms with Crippen LogP contribution in [-0.4, -0.2) is 17.3 Å². The summed E-state index contributed by atoms with van der Waals surface area (Å²) in [4.78, 5) is 0. The molecule has 1 aromatic heterocycles. The van der Waals surface area contributed by atoms with Crippen LogP contribution in [0.5, 0.6) is 5.75 Å². The number of ether oxygens (including phenoxy) is 1. The number of benzene rings is 1. The van der Waals surface area contributed by atoms with E-state index in [4.69, 9.17) is 4.74 Å². The summed E-state index contributed by atoms with van der Waals surface area (Å²) in [5.41, 5.74) is 0.938. The van der Waals surface area contributed by atoms with Gasteiger partial charge in [0.15, 0.2) is 0 Å². The maximum Gasteiger partial charge on any atom is 0.136 e. The second-order valence-electron chi connectivity index (χ2n) is 2.92. The molecule has 1 N–H and O–H groups in total. The molecule has 0 aliphatic rings. The van der Waals surface area contributed by atoms with Crippen molar-refractivity contribution < 1.29 is 9.13 Å². The van der Waals surface area contributed by atoms with Crippen molar-refractivity contribution in [3.05, 3.63) is 33.8 Å². The molecule has 78 valence electrons. The Morgan fingerprint density at radius 1 is 1.47 bits per heavy atom. The van der Waals surface area contributed by atoms with Crippen LogP contribution < -0.4 is 4.74 Å². The van der Waals surface area contributed by atoms with E-state index in [-0.39, 0.29) is 5.82 Å². The molecule has 0 bridgehead atoms. The van der Waals surface area contributed by atoms with E-state index in [0.717, 1.165) is 3.70 Å². The molecule has 0 fully saturated rings. The standard InChI is InChI=1S/C10H8FIN2O/c1-15-8-4-2-3-6(11)10(8)7-5-9(12)14-13-7/h2-5H,1H3,(H,13,14). The molecule has 0 aliphatic carbocycles. The molecule has 15 heavy (non-hydrogen) atoms. The highest BCUT2D eigenvalue weighted by atomic mass is 127. The normalized spacial score (nSPS) is 10.3. The topological polar surface area (TPSA) is 37.9 Å². The van der Waals surface area contributed by atoms with Crippen molar-refractivity contribution >= 4 is 22.6 Å². The smallest absolute Gasteiger partial charge is 0.136 e. The highest BCUT2D eigenvalue weighted by Crippen LogP contribution is 2.31. The van der Waals surface area contributed by atoms with Gasteiger partial charge in [0.25, 0.3) is 0 Å². The largest absolute Gasteiger partial charge is 0.496 e. The van der Waals surface area contributed by atoms with Gasteiger partial charge >= 0.3 is 0 Å². The molecule has 3 nitrogen and oxygen atoms in total. The van der Waals surface area contributed by atoms with Gasteiger partial charge in [0.1, 0.15) is 11.6 Å². The minimum Gasteiger partial charge on any atom is -0.496 e. The first-order chi connectivity index (χ1) is 7.22. The maximum atomic E-state index is 13.6. The molecular weight excluding hydrogens is 310 g/mol. The van der Waals surface area contributed by atoms with Crippen LogP contribution in [0, 0.1) is 9.52 Å². The van der Waals surface area contributed by atoms with Crippen LogP contribution in [0.3, 0.4) is 0 Å². The summed E-state index contributed by atoms with van der Waals surface area (Å²) in [6.45, 7) is 0. The molecule has 1 heterocycles. The number of H-pyrrole nitrogens is 1. The van der Waals surface area contributed by atoms with Crippen molar-refractivity contribution in [2.75, 3.05) is 7.11 Å². The Kier molecular flexibility index (Phi) is 2.90. The lowest BCUT2D eigenvalue weighted by atomic mass is 10.1. The number of methoxy groups -OCH3 is 1. The minimum atomic E-state index is -0.336. The van der Waals surface area contributed by atoms with Gasteiger partial charge in [-0.25, -0.2) is 4.39 Å². The third-order valence-corrected chi connectivity index (χ3v) is 2.55. The molecule has 0 radical (unpaired) electrons. The van der Waals surface area contributed by atoms with Gasteiger partial charge < -0.3 is 4.74 Å². The van der Waals surface area contributed by atoms with Gasteiger partial charge in [-0.3, -0.25) is 5.10 Å². The third-order valence-electron chi connectivity index (χ3n) is 2.00. The Balaban J connectivity index is 2.60. The summed E-state index contributed by atoms with van der Waals surface area (Å²) in [6.07, 6.45) is 0. The van der Waals surface area contributed by atoms with Gasteiger partial charge in [-0.2, -0.15) is 5.10 Å². The minimum absolute atomic E-state index is 0.336. The van der Waals surface area contributed by atoms with E-state index in [0.29, 0.717) is 17.0 Å². The Labute approximate surface area is 99.8 Å². The fourth-order valence-electron chi connectivity index (χ4n) is 1.35. The lowest BCUT2D eigenvalue weighted by molar-refractivity contribution is 0.413. The van der Waals surface area contributed by atoms with Crippen LogP contribution in [0.15, 0.2) is 24.3 Å². The van der Waals surface area contributed by atoms with Crippen molar-refractivity contribution in [3.63, 3.8) is 0 Å². The third kappa shape index (κ3) is 1.97. The summed E-state index contributed by atoms with van der Waals surface area (Å²) in [5.74, 6) is 0.148. The molecule has 1 aromatic carbocycles. The Morgan fingerprint density at radius 3 is 2.87 bits per heavy atom. The highest BCUT2D eigenvalue weighted by molar-refractivity contribution is 14.1. The van der Waals surface area contributed by atoms with E-state index in [1.807, 2.05) is 0 Å². The van der Waals surface area contributed by atoms with Gasteiger partial charge in [-0.15, -0.1) is 0 Å². The summed E-state index contributed by atoms with van der Waals surface area (Å²) < 4.78 is 19.5.